The maximum Gasteiger partial charge on any atom is 0.326 e. The SMILES string of the molecule is O=C(O)[C@H](CCN(CCCCc1ccc2c(n1)NCCC2)C1CC(F)(F)C1)Nc1cc(-n2cccn2)ncn1. The quantitative estimate of drug-likeness (QED) is 0.278. The van der Waals surface area contributed by atoms with Gasteiger partial charge in [0, 0.05) is 56.1 Å². The van der Waals surface area contributed by atoms with Crippen LogP contribution in [0.25, 0.3) is 5.82 Å². The molecule has 208 valence electrons. The summed E-state index contributed by atoms with van der Waals surface area (Å²) in [5.74, 6) is -1.83. The fourth-order valence-corrected chi connectivity index (χ4v) is 5.18. The lowest BCUT2D eigenvalue weighted by molar-refractivity contribution is -0.139. The molecule has 0 radical (unpaired) electrons. The summed E-state index contributed by atoms with van der Waals surface area (Å²) < 4.78 is 28.9. The van der Waals surface area contributed by atoms with Crippen LogP contribution in [0.3, 0.4) is 0 Å². The van der Waals surface area contributed by atoms with Crippen molar-refractivity contribution in [2.24, 2.45) is 0 Å². The van der Waals surface area contributed by atoms with Gasteiger partial charge in [-0.05, 0) is 62.8 Å². The molecule has 1 saturated carbocycles. The van der Waals surface area contributed by atoms with Gasteiger partial charge in [-0.15, -0.1) is 0 Å². The number of unbranched alkanes of at least 4 members (excludes halogenated alkanes) is 1. The Bertz CT molecular complexity index is 1250. The zero-order valence-corrected chi connectivity index (χ0v) is 21.8. The molecule has 1 aliphatic heterocycles. The zero-order chi connectivity index (χ0) is 27.2. The Hall–Kier alpha value is -3.67. The Labute approximate surface area is 225 Å². The van der Waals surface area contributed by atoms with E-state index in [9.17, 15) is 18.7 Å². The Morgan fingerprint density at radius 3 is 2.90 bits per heavy atom. The molecule has 39 heavy (non-hydrogen) atoms. The van der Waals surface area contributed by atoms with Crippen molar-refractivity contribution in [3.8, 4) is 5.82 Å². The number of hydrogen-bond donors (Lipinski definition) is 3. The number of anilines is 2. The van der Waals surface area contributed by atoms with E-state index >= 15 is 0 Å². The van der Waals surface area contributed by atoms with Crippen molar-refractivity contribution in [3.63, 3.8) is 0 Å². The lowest BCUT2D eigenvalue weighted by Crippen LogP contribution is -2.52. The van der Waals surface area contributed by atoms with Crippen molar-refractivity contribution in [3.05, 3.63) is 54.2 Å². The van der Waals surface area contributed by atoms with Gasteiger partial charge in [-0.2, -0.15) is 5.10 Å². The maximum atomic E-state index is 13.7. The molecule has 4 heterocycles. The van der Waals surface area contributed by atoms with E-state index in [0.717, 1.165) is 50.2 Å². The fourth-order valence-electron chi connectivity index (χ4n) is 5.18. The second-order valence-electron chi connectivity index (χ2n) is 10.3. The van der Waals surface area contributed by atoms with Crippen molar-refractivity contribution < 1.29 is 18.7 Å². The second-order valence-corrected chi connectivity index (χ2v) is 10.3. The predicted molar refractivity (Wildman–Crippen MR) is 142 cm³/mol. The molecule has 5 rings (SSSR count). The maximum absolute atomic E-state index is 13.7. The van der Waals surface area contributed by atoms with Gasteiger partial charge in [0.15, 0.2) is 5.82 Å². The van der Waals surface area contributed by atoms with Crippen LogP contribution in [-0.2, 0) is 17.6 Å². The van der Waals surface area contributed by atoms with Gasteiger partial charge in [0.05, 0.1) is 0 Å². The molecule has 1 aliphatic carbocycles. The van der Waals surface area contributed by atoms with Gasteiger partial charge in [-0.3, -0.25) is 4.90 Å². The molecule has 0 saturated heterocycles. The summed E-state index contributed by atoms with van der Waals surface area (Å²) >= 11 is 0. The highest BCUT2D eigenvalue weighted by molar-refractivity contribution is 5.76. The number of rotatable bonds is 13. The molecule has 2 aliphatic rings. The van der Waals surface area contributed by atoms with Gasteiger partial charge in [0.25, 0.3) is 5.92 Å². The normalized spacial score (nSPS) is 17.2. The number of carbonyl (C=O) groups is 1. The Kier molecular flexibility index (Phi) is 8.30. The summed E-state index contributed by atoms with van der Waals surface area (Å²) in [6.45, 7) is 1.97. The third-order valence-corrected chi connectivity index (χ3v) is 7.38. The summed E-state index contributed by atoms with van der Waals surface area (Å²) in [6.07, 6.45) is 9.24. The molecule has 1 fully saturated rings. The van der Waals surface area contributed by atoms with Crippen LogP contribution in [0, 0.1) is 0 Å². The minimum atomic E-state index is -2.64. The molecule has 0 aromatic carbocycles. The first-order valence-electron chi connectivity index (χ1n) is 13.5. The van der Waals surface area contributed by atoms with Crippen molar-refractivity contribution >= 4 is 17.6 Å². The number of carboxylic acid groups (broad SMARTS) is 1. The van der Waals surface area contributed by atoms with Gasteiger partial charge in [0.1, 0.15) is 24.0 Å². The van der Waals surface area contributed by atoms with E-state index in [2.05, 4.69) is 37.8 Å². The van der Waals surface area contributed by atoms with Gasteiger partial charge >= 0.3 is 5.97 Å². The van der Waals surface area contributed by atoms with Gasteiger partial charge in [-0.25, -0.2) is 33.2 Å². The van der Waals surface area contributed by atoms with Gasteiger partial charge in [-0.1, -0.05) is 6.07 Å². The first kappa shape index (κ1) is 26.9. The number of nitrogens with one attached hydrogen (secondary N) is 2. The monoisotopic (exact) mass is 540 g/mol. The first-order valence-corrected chi connectivity index (χ1v) is 13.5. The number of pyridine rings is 1. The number of halogens is 2. The van der Waals surface area contributed by atoms with Crippen molar-refractivity contribution in [1.82, 2.24) is 29.6 Å². The first-order chi connectivity index (χ1) is 18.9. The number of hydrogen-bond acceptors (Lipinski definition) is 8. The molecule has 12 heteroatoms. The van der Waals surface area contributed by atoms with Gasteiger partial charge in [0.2, 0.25) is 0 Å². The topological polar surface area (TPSA) is 121 Å². The van der Waals surface area contributed by atoms with Gasteiger partial charge < -0.3 is 15.7 Å². The minimum Gasteiger partial charge on any atom is -0.480 e. The molecule has 0 spiro atoms. The predicted octanol–water partition coefficient (Wildman–Crippen LogP) is 3.79. The van der Waals surface area contributed by atoms with Crippen molar-refractivity contribution in [1.29, 1.82) is 0 Å². The molecular formula is C27H34F2N8O2. The number of alkyl halides is 2. The molecule has 3 N–H and O–H groups in total. The number of aliphatic carboxylic acids is 1. The lowest BCUT2D eigenvalue weighted by Gasteiger charge is -2.43. The molecule has 3 aromatic rings. The summed E-state index contributed by atoms with van der Waals surface area (Å²) in [6, 6.07) is 6.42. The molecule has 0 bridgehead atoms. The second kappa shape index (κ2) is 12.0. The number of aromatic nitrogens is 5. The van der Waals surface area contributed by atoms with E-state index in [0.29, 0.717) is 24.7 Å². The van der Waals surface area contributed by atoms with Crippen LogP contribution in [-0.4, -0.2) is 78.3 Å². The Morgan fingerprint density at radius 1 is 1.26 bits per heavy atom. The average molecular weight is 541 g/mol. The largest absolute Gasteiger partial charge is 0.480 e. The third kappa shape index (κ3) is 7.05. The van der Waals surface area contributed by atoms with Crippen LogP contribution in [0.2, 0.25) is 0 Å². The van der Waals surface area contributed by atoms with Crippen LogP contribution < -0.4 is 10.6 Å². The molecule has 3 aromatic heterocycles. The van der Waals surface area contributed by atoms with Crippen molar-refractivity contribution in [2.45, 2.75) is 69.4 Å². The van der Waals surface area contributed by atoms with E-state index < -0.39 is 17.9 Å². The lowest BCUT2D eigenvalue weighted by atomic mass is 9.86. The molecule has 10 nitrogen and oxygen atoms in total. The van der Waals surface area contributed by atoms with E-state index in [1.807, 2.05) is 4.90 Å². The fraction of sp³-hybridized carbons (Fsp3) is 0.519. The summed E-state index contributed by atoms with van der Waals surface area (Å²) in [5, 5.41) is 20.3. The Morgan fingerprint density at radius 2 is 2.13 bits per heavy atom. The van der Waals surface area contributed by atoms with Crippen molar-refractivity contribution in [2.75, 3.05) is 30.3 Å². The minimum absolute atomic E-state index is 0.185. The number of carboxylic acids is 1. The summed E-state index contributed by atoms with van der Waals surface area (Å²) in [7, 11) is 0. The van der Waals surface area contributed by atoms with Crippen LogP contribution in [0.5, 0.6) is 0 Å². The highest BCUT2D eigenvalue weighted by Gasteiger charge is 2.47. The highest BCUT2D eigenvalue weighted by Crippen LogP contribution is 2.40. The van der Waals surface area contributed by atoms with Crippen LogP contribution in [0.1, 0.15) is 49.8 Å². The molecule has 0 amide bonds. The van der Waals surface area contributed by atoms with E-state index in [1.165, 1.54) is 11.9 Å². The summed E-state index contributed by atoms with van der Waals surface area (Å²) in [5.41, 5.74) is 2.28. The van der Waals surface area contributed by atoms with E-state index in [1.54, 1.807) is 29.2 Å². The summed E-state index contributed by atoms with van der Waals surface area (Å²) in [4.78, 5) is 27.1. The van der Waals surface area contributed by atoms with E-state index in [4.69, 9.17) is 4.98 Å². The molecule has 0 unspecified atom stereocenters. The van der Waals surface area contributed by atoms with Crippen LogP contribution >= 0.6 is 0 Å². The number of aryl methyl sites for hydroxylation is 2. The number of nitrogens with zero attached hydrogens (tertiary/aromatic N) is 6. The third-order valence-electron chi connectivity index (χ3n) is 7.38. The van der Waals surface area contributed by atoms with Crippen LogP contribution in [0.4, 0.5) is 20.4 Å². The number of fused-ring (bicyclic) bond motifs is 1. The standard InChI is InChI=1S/C27H34F2N8O2/c28-27(29)16-21(17-27)36(12-2-1-6-20-8-7-19-5-3-10-30-25(19)34-20)14-9-22(26(38)39)35-23-15-24(32-18-31-23)37-13-4-11-33-37/h4,7-8,11,13,15,18,21-22H,1-3,5-6,9-10,12,14,16-17H2,(H,30,34)(H,38,39)(H,31,32,35)/t22-/m0/s1. The van der Waals surface area contributed by atoms with Crippen LogP contribution in [0.15, 0.2) is 43.0 Å². The van der Waals surface area contributed by atoms with E-state index in [-0.39, 0.29) is 25.3 Å². The highest BCUT2D eigenvalue weighted by atomic mass is 19.3. The molecule has 1 atom stereocenters. The molecular weight excluding hydrogens is 506 g/mol. The smallest absolute Gasteiger partial charge is 0.326 e. The Balaban J connectivity index is 1.16. The average Bonchev–Trinajstić information content (AvgIpc) is 3.46. The zero-order valence-electron chi connectivity index (χ0n) is 21.8.